The van der Waals surface area contributed by atoms with E-state index in [1.807, 2.05) is 0 Å². The SMILES string of the molecule is COC(=O)C(C(=O)OC)[C@@H](C)[C@H](NC(=O)c1cc(Br)cc(Br)c1)C(=O)OC. The van der Waals surface area contributed by atoms with Gasteiger partial charge in [0.15, 0.2) is 5.92 Å². The number of nitrogens with one attached hydrogen (secondary N) is 1. The Kier molecular flexibility index (Phi) is 8.91. The highest BCUT2D eigenvalue weighted by molar-refractivity contribution is 9.11. The minimum atomic E-state index is -1.42. The molecule has 148 valence electrons. The summed E-state index contributed by atoms with van der Waals surface area (Å²) in [6, 6.07) is 3.55. The Hall–Kier alpha value is -1.94. The maximum Gasteiger partial charge on any atom is 0.328 e. The zero-order valence-electron chi connectivity index (χ0n) is 15.1. The van der Waals surface area contributed by atoms with Crippen LogP contribution in [-0.4, -0.2) is 51.2 Å². The molecule has 0 spiro atoms. The number of ether oxygens (including phenoxy) is 3. The fraction of sp³-hybridized carbons (Fsp3) is 0.412. The summed E-state index contributed by atoms with van der Waals surface area (Å²) in [5.41, 5.74) is 0.255. The molecule has 2 atom stereocenters. The smallest absolute Gasteiger partial charge is 0.328 e. The van der Waals surface area contributed by atoms with Crippen molar-refractivity contribution < 1.29 is 33.4 Å². The lowest BCUT2D eigenvalue weighted by Gasteiger charge is -2.27. The summed E-state index contributed by atoms with van der Waals surface area (Å²) < 4.78 is 15.3. The topological polar surface area (TPSA) is 108 Å². The van der Waals surface area contributed by atoms with Gasteiger partial charge in [-0.3, -0.25) is 14.4 Å². The van der Waals surface area contributed by atoms with Crippen molar-refractivity contribution in [1.82, 2.24) is 5.32 Å². The number of hydrogen-bond donors (Lipinski definition) is 1. The van der Waals surface area contributed by atoms with Gasteiger partial charge in [-0.2, -0.15) is 0 Å². The van der Waals surface area contributed by atoms with Crippen LogP contribution in [0.3, 0.4) is 0 Å². The number of benzene rings is 1. The van der Waals surface area contributed by atoms with Gasteiger partial charge in [0.1, 0.15) is 6.04 Å². The summed E-state index contributed by atoms with van der Waals surface area (Å²) in [7, 11) is 3.35. The van der Waals surface area contributed by atoms with Gasteiger partial charge in [0.25, 0.3) is 5.91 Å². The van der Waals surface area contributed by atoms with Crippen molar-refractivity contribution in [3.8, 4) is 0 Å². The van der Waals surface area contributed by atoms with E-state index in [1.165, 1.54) is 6.92 Å². The van der Waals surface area contributed by atoms with Gasteiger partial charge in [0.2, 0.25) is 0 Å². The largest absolute Gasteiger partial charge is 0.468 e. The van der Waals surface area contributed by atoms with Crippen molar-refractivity contribution >= 4 is 55.7 Å². The van der Waals surface area contributed by atoms with Gasteiger partial charge < -0.3 is 19.5 Å². The van der Waals surface area contributed by atoms with E-state index in [2.05, 4.69) is 46.7 Å². The summed E-state index contributed by atoms with van der Waals surface area (Å²) in [6.07, 6.45) is 0. The molecule has 1 rings (SSSR count). The lowest BCUT2D eigenvalue weighted by Crippen LogP contribution is -2.51. The first-order valence-electron chi connectivity index (χ1n) is 7.66. The average Bonchev–Trinajstić information content (AvgIpc) is 2.63. The van der Waals surface area contributed by atoms with E-state index in [0.717, 1.165) is 21.3 Å². The van der Waals surface area contributed by atoms with Gasteiger partial charge >= 0.3 is 17.9 Å². The second kappa shape index (κ2) is 10.4. The van der Waals surface area contributed by atoms with Crippen LogP contribution in [0.25, 0.3) is 0 Å². The van der Waals surface area contributed by atoms with Crippen LogP contribution in [0.15, 0.2) is 27.1 Å². The third-order valence-electron chi connectivity index (χ3n) is 3.83. The van der Waals surface area contributed by atoms with Crippen LogP contribution < -0.4 is 5.32 Å². The molecule has 0 heterocycles. The summed E-state index contributed by atoms with van der Waals surface area (Å²) >= 11 is 6.55. The Morgan fingerprint density at radius 3 is 1.70 bits per heavy atom. The fourth-order valence-electron chi connectivity index (χ4n) is 2.41. The van der Waals surface area contributed by atoms with Crippen LogP contribution in [0.1, 0.15) is 17.3 Å². The predicted molar refractivity (Wildman–Crippen MR) is 102 cm³/mol. The highest BCUT2D eigenvalue weighted by Crippen LogP contribution is 2.23. The van der Waals surface area contributed by atoms with Crippen molar-refractivity contribution in [1.29, 1.82) is 0 Å². The van der Waals surface area contributed by atoms with E-state index >= 15 is 0 Å². The molecule has 0 aromatic heterocycles. The molecule has 27 heavy (non-hydrogen) atoms. The van der Waals surface area contributed by atoms with E-state index in [0.29, 0.717) is 8.95 Å². The lowest BCUT2D eigenvalue weighted by molar-refractivity contribution is -0.162. The first kappa shape index (κ1) is 23.1. The number of methoxy groups -OCH3 is 3. The van der Waals surface area contributed by atoms with Crippen molar-refractivity contribution in [3.63, 3.8) is 0 Å². The first-order chi connectivity index (χ1) is 12.7. The second-order valence-corrected chi connectivity index (χ2v) is 7.35. The zero-order valence-corrected chi connectivity index (χ0v) is 18.2. The summed E-state index contributed by atoms with van der Waals surface area (Å²) in [6.45, 7) is 1.44. The number of esters is 3. The van der Waals surface area contributed by atoms with E-state index in [4.69, 9.17) is 4.74 Å². The molecule has 0 fully saturated rings. The zero-order chi connectivity index (χ0) is 20.7. The van der Waals surface area contributed by atoms with E-state index in [-0.39, 0.29) is 5.56 Å². The van der Waals surface area contributed by atoms with Crippen molar-refractivity contribution in [2.24, 2.45) is 11.8 Å². The number of carbonyl (C=O) groups excluding carboxylic acids is 4. The molecule has 8 nitrogen and oxygen atoms in total. The molecule has 10 heteroatoms. The van der Waals surface area contributed by atoms with Gasteiger partial charge in [-0.1, -0.05) is 38.8 Å². The Morgan fingerprint density at radius 2 is 1.30 bits per heavy atom. The molecule has 0 aliphatic carbocycles. The van der Waals surface area contributed by atoms with Crippen LogP contribution >= 0.6 is 31.9 Å². The third kappa shape index (κ3) is 6.03. The molecule has 0 radical (unpaired) electrons. The van der Waals surface area contributed by atoms with Crippen LogP contribution in [0.4, 0.5) is 0 Å². The number of amides is 1. The molecule has 1 amide bonds. The third-order valence-corrected chi connectivity index (χ3v) is 4.74. The standard InChI is InChI=1S/C17H19Br2NO7/c1-8(12(15(22)25-2)16(23)26-3)13(17(24)27-4)20-14(21)9-5-10(18)7-11(19)6-9/h5-8,12-13H,1-4H3,(H,20,21)/t8-,13+/m1/s1. The average molecular weight is 509 g/mol. The molecular weight excluding hydrogens is 490 g/mol. The summed E-state index contributed by atoms with van der Waals surface area (Å²) in [4.78, 5) is 48.8. The Balaban J connectivity index is 3.20. The Morgan fingerprint density at radius 1 is 0.852 bits per heavy atom. The van der Waals surface area contributed by atoms with Gasteiger partial charge in [0.05, 0.1) is 21.3 Å². The second-order valence-electron chi connectivity index (χ2n) is 5.52. The molecule has 1 aromatic carbocycles. The fourth-order valence-corrected chi connectivity index (χ4v) is 3.71. The number of halogens is 2. The monoisotopic (exact) mass is 507 g/mol. The molecule has 0 aliphatic rings. The highest BCUT2D eigenvalue weighted by atomic mass is 79.9. The molecule has 0 bridgehead atoms. The predicted octanol–water partition coefficient (Wildman–Crippen LogP) is 2.08. The Labute approximate surface area is 173 Å². The minimum absolute atomic E-state index is 0.255. The highest BCUT2D eigenvalue weighted by Gasteiger charge is 2.42. The van der Waals surface area contributed by atoms with Crippen molar-refractivity contribution in [2.75, 3.05) is 21.3 Å². The van der Waals surface area contributed by atoms with E-state index < -0.39 is 41.7 Å². The van der Waals surface area contributed by atoms with Crippen molar-refractivity contribution in [3.05, 3.63) is 32.7 Å². The number of rotatable bonds is 7. The first-order valence-corrected chi connectivity index (χ1v) is 9.25. The molecule has 0 unspecified atom stereocenters. The lowest BCUT2D eigenvalue weighted by atomic mass is 9.87. The molecule has 0 saturated heterocycles. The van der Waals surface area contributed by atoms with Crippen LogP contribution in [0.2, 0.25) is 0 Å². The van der Waals surface area contributed by atoms with Crippen molar-refractivity contribution in [2.45, 2.75) is 13.0 Å². The molecular formula is C17H19Br2NO7. The normalized spacial score (nSPS) is 12.7. The van der Waals surface area contributed by atoms with E-state index in [9.17, 15) is 19.2 Å². The van der Waals surface area contributed by atoms with Gasteiger partial charge in [-0.05, 0) is 18.2 Å². The summed E-state index contributed by atoms with van der Waals surface area (Å²) in [5.74, 6) is -5.59. The quantitative estimate of drug-likeness (QED) is 0.341. The van der Waals surface area contributed by atoms with Crippen LogP contribution in [0.5, 0.6) is 0 Å². The van der Waals surface area contributed by atoms with Gasteiger partial charge in [0, 0.05) is 20.4 Å². The van der Waals surface area contributed by atoms with Gasteiger partial charge in [-0.25, -0.2) is 4.79 Å². The number of hydrogen-bond acceptors (Lipinski definition) is 7. The van der Waals surface area contributed by atoms with Crippen LogP contribution in [-0.2, 0) is 28.6 Å². The Bertz CT molecular complexity index is 702. The molecule has 0 aliphatic heterocycles. The molecule has 0 saturated carbocycles. The maximum atomic E-state index is 12.6. The number of carbonyl (C=O) groups is 4. The molecule has 1 N–H and O–H groups in total. The maximum absolute atomic E-state index is 12.6. The van der Waals surface area contributed by atoms with E-state index in [1.54, 1.807) is 18.2 Å². The van der Waals surface area contributed by atoms with Gasteiger partial charge in [-0.15, -0.1) is 0 Å². The summed E-state index contributed by atoms with van der Waals surface area (Å²) in [5, 5.41) is 2.51. The molecule has 1 aromatic rings. The minimum Gasteiger partial charge on any atom is -0.468 e. The van der Waals surface area contributed by atoms with Crippen LogP contribution in [0, 0.1) is 11.8 Å².